The minimum absolute atomic E-state index is 0.0488. The summed E-state index contributed by atoms with van der Waals surface area (Å²) in [5, 5.41) is 9.37. The Hall–Kier alpha value is -3.25. The monoisotopic (exact) mass is 412 g/mol. The van der Waals surface area contributed by atoms with Gasteiger partial charge >= 0.3 is 0 Å². The number of thioether (sulfide) groups is 1. The van der Waals surface area contributed by atoms with Gasteiger partial charge in [-0.3, -0.25) is 4.79 Å². The molecule has 0 bridgehead atoms. The van der Waals surface area contributed by atoms with E-state index in [1.165, 1.54) is 24.1 Å². The van der Waals surface area contributed by atoms with E-state index >= 15 is 0 Å². The van der Waals surface area contributed by atoms with Crippen molar-refractivity contribution >= 4 is 23.6 Å². The van der Waals surface area contributed by atoms with Crippen molar-refractivity contribution in [2.24, 2.45) is 0 Å². The van der Waals surface area contributed by atoms with E-state index in [0.717, 1.165) is 0 Å². The Bertz CT molecular complexity index is 1040. The summed E-state index contributed by atoms with van der Waals surface area (Å²) in [5.74, 6) is 0.888. The van der Waals surface area contributed by atoms with Crippen LogP contribution in [0.3, 0.4) is 0 Å². The summed E-state index contributed by atoms with van der Waals surface area (Å²) >= 11 is 1.19. The molecular weight excluding hydrogens is 395 g/mol. The zero-order chi connectivity index (χ0) is 20.2. The van der Waals surface area contributed by atoms with Gasteiger partial charge in [-0.1, -0.05) is 12.1 Å². The van der Waals surface area contributed by atoms with Crippen LogP contribution in [-0.2, 0) is 4.79 Å². The molecule has 29 heavy (non-hydrogen) atoms. The quantitative estimate of drug-likeness (QED) is 0.594. The normalized spacial score (nSPS) is 14.1. The molecule has 3 heterocycles. The number of halogens is 1. The number of aromatic nitrogens is 1. The van der Waals surface area contributed by atoms with Crippen LogP contribution in [0.5, 0.6) is 0 Å². The van der Waals surface area contributed by atoms with Crippen LogP contribution in [0.15, 0.2) is 56.4 Å². The number of carbonyl (C=O) groups excluding carboxylic acids is 1. The lowest BCUT2D eigenvalue weighted by molar-refractivity contribution is -0.128. The Labute approximate surface area is 170 Å². The molecular formula is C20H17FN4O3S. The van der Waals surface area contributed by atoms with Gasteiger partial charge in [-0.05, 0) is 24.3 Å². The highest BCUT2D eigenvalue weighted by Crippen LogP contribution is 2.29. The standard InChI is InChI=1S/C20H17FN4O3S/c21-14-4-1-2-6-17(14)29-13-18(26)24-7-9-25(10-8-24)20-15(12-22)23-19(28-20)16-5-3-11-27-16/h1-6,11H,7-10,13H2. The maximum Gasteiger partial charge on any atom is 0.266 e. The fourth-order valence-corrected chi connectivity index (χ4v) is 3.90. The highest BCUT2D eigenvalue weighted by molar-refractivity contribution is 8.00. The van der Waals surface area contributed by atoms with Crippen molar-refractivity contribution in [1.29, 1.82) is 5.26 Å². The molecule has 7 nitrogen and oxygen atoms in total. The van der Waals surface area contributed by atoms with E-state index in [0.29, 0.717) is 42.7 Å². The second kappa shape index (κ2) is 8.41. The van der Waals surface area contributed by atoms with E-state index in [4.69, 9.17) is 8.83 Å². The molecule has 2 aromatic heterocycles. The number of furan rings is 1. The maximum absolute atomic E-state index is 13.7. The molecule has 0 radical (unpaired) electrons. The number of hydrogen-bond acceptors (Lipinski definition) is 7. The van der Waals surface area contributed by atoms with Gasteiger partial charge in [-0.15, -0.1) is 11.8 Å². The van der Waals surface area contributed by atoms with E-state index in [9.17, 15) is 14.4 Å². The highest BCUT2D eigenvalue weighted by atomic mass is 32.2. The van der Waals surface area contributed by atoms with Crippen LogP contribution in [0, 0.1) is 17.1 Å². The zero-order valence-corrected chi connectivity index (χ0v) is 16.2. The van der Waals surface area contributed by atoms with Crippen LogP contribution in [0.25, 0.3) is 11.7 Å². The molecule has 0 spiro atoms. The van der Waals surface area contributed by atoms with Crippen molar-refractivity contribution < 1.29 is 18.0 Å². The summed E-state index contributed by atoms with van der Waals surface area (Å²) in [6.45, 7) is 1.99. The minimum atomic E-state index is -0.322. The van der Waals surface area contributed by atoms with Gasteiger partial charge in [0.15, 0.2) is 5.76 Å². The number of carbonyl (C=O) groups is 1. The SMILES string of the molecule is N#Cc1nc(-c2ccco2)oc1N1CCN(C(=O)CSc2ccccc2F)CC1. The molecule has 0 saturated carbocycles. The molecule has 1 aromatic carbocycles. The smallest absolute Gasteiger partial charge is 0.266 e. The molecule has 1 saturated heterocycles. The third kappa shape index (κ3) is 4.12. The van der Waals surface area contributed by atoms with Gasteiger partial charge in [-0.2, -0.15) is 10.2 Å². The summed E-state index contributed by atoms with van der Waals surface area (Å²) in [6, 6.07) is 11.9. The summed E-state index contributed by atoms with van der Waals surface area (Å²) in [4.78, 5) is 20.8. The van der Waals surface area contributed by atoms with E-state index < -0.39 is 0 Å². The number of oxazole rings is 1. The Morgan fingerprint density at radius 1 is 1.21 bits per heavy atom. The molecule has 0 N–H and O–H groups in total. The first kappa shape index (κ1) is 19.1. The van der Waals surface area contributed by atoms with E-state index in [2.05, 4.69) is 4.98 Å². The fraction of sp³-hybridized carbons (Fsp3) is 0.250. The number of nitrogens with zero attached hydrogens (tertiary/aromatic N) is 4. The van der Waals surface area contributed by atoms with Gasteiger partial charge in [0.1, 0.15) is 11.9 Å². The number of piperazine rings is 1. The number of anilines is 1. The topological polar surface area (TPSA) is 86.5 Å². The van der Waals surface area contributed by atoms with Crippen molar-refractivity contribution in [3.63, 3.8) is 0 Å². The van der Waals surface area contributed by atoms with Crippen LogP contribution in [0.4, 0.5) is 10.3 Å². The Morgan fingerprint density at radius 2 is 2.00 bits per heavy atom. The number of amides is 1. The number of hydrogen-bond donors (Lipinski definition) is 0. The van der Waals surface area contributed by atoms with Crippen LogP contribution in [0.1, 0.15) is 5.69 Å². The van der Waals surface area contributed by atoms with Crippen molar-refractivity contribution in [2.45, 2.75) is 4.90 Å². The predicted octanol–water partition coefficient (Wildman–Crippen LogP) is 3.39. The second-order valence-corrected chi connectivity index (χ2v) is 7.37. The van der Waals surface area contributed by atoms with Gasteiger partial charge in [0.05, 0.1) is 12.0 Å². The van der Waals surface area contributed by atoms with Crippen molar-refractivity contribution in [2.75, 3.05) is 36.8 Å². The predicted molar refractivity (Wildman–Crippen MR) is 105 cm³/mol. The molecule has 1 aliphatic heterocycles. The van der Waals surface area contributed by atoms with E-state index in [-0.39, 0.29) is 29.1 Å². The maximum atomic E-state index is 13.7. The van der Waals surface area contributed by atoms with Gasteiger partial charge in [0.25, 0.3) is 5.89 Å². The first-order valence-electron chi connectivity index (χ1n) is 9.00. The first-order valence-corrected chi connectivity index (χ1v) is 9.99. The van der Waals surface area contributed by atoms with Gasteiger partial charge < -0.3 is 18.6 Å². The van der Waals surface area contributed by atoms with Crippen LogP contribution < -0.4 is 4.90 Å². The number of nitriles is 1. The van der Waals surface area contributed by atoms with Gasteiger partial charge in [0, 0.05) is 31.1 Å². The summed E-state index contributed by atoms with van der Waals surface area (Å²) < 4.78 is 24.7. The zero-order valence-electron chi connectivity index (χ0n) is 15.4. The molecule has 9 heteroatoms. The van der Waals surface area contributed by atoms with Crippen LogP contribution >= 0.6 is 11.8 Å². The number of benzene rings is 1. The summed E-state index contributed by atoms with van der Waals surface area (Å²) in [6.07, 6.45) is 1.51. The third-order valence-electron chi connectivity index (χ3n) is 4.55. The van der Waals surface area contributed by atoms with Gasteiger partial charge in [0.2, 0.25) is 17.5 Å². The lowest BCUT2D eigenvalue weighted by Crippen LogP contribution is -2.49. The summed E-state index contributed by atoms with van der Waals surface area (Å²) in [5.41, 5.74) is 0.186. The number of rotatable bonds is 5. The largest absolute Gasteiger partial charge is 0.459 e. The molecule has 3 aromatic rings. The molecule has 148 valence electrons. The van der Waals surface area contributed by atoms with E-state index in [1.54, 1.807) is 35.2 Å². The van der Waals surface area contributed by atoms with E-state index in [1.807, 2.05) is 11.0 Å². The Morgan fingerprint density at radius 3 is 2.69 bits per heavy atom. The molecule has 0 atom stereocenters. The minimum Gasteiger partial charge on any atom is -0.459 e. The average Bonchev–Trinajstić information content (AvgIpc) is 3.42. The Balaban J connectivity index is 1.36. The second-order valence-electron chi connectivity index (χ2n) is 6.35. The van der Waals surface area contributed by atoms with Crippen molar-refractivity contribution in [1.82, 2.24) is 9.88 Å². The Kier molecular flexibility index (Phi) is 5.53. The van der Waals surface area contributed by atoms with Crippen molar-refractivity contribution in [3.8, 4) is 17.7 Å². The lowest BCUT2D eigenvalue weighted by atomic mass is 10.3. The fourth-order valence-electron chi connectivity index (χ4n) is 3.06. The lowest BCUT2D eigenvalue weighted by Gasteiger charge is -2.34. The molecule has 0 unspecified atom stereocenters. The molecule has 1 amide bonds. The van der Waals surface area contributed by atoms with Gasteiger partial charge in [-0.25, -0.2) is 4.39 Å². The highest BCUT2D eigenvalue weighted by Gasteiger charge is 2.27. The van der Waals surface area contributed by atoms with Crippen molar-refractivity contribution in [3.05, 3.63) is 54.2 Å². The average molecular weight is 412 g/mol. The first-order chi connectivity index (χ1) is 14.2. The molecule has 0 aliphatic carbocycles. The van der Waals surface area contributed by atoms with Crippen LogP contribution in [0.2, 0.25) is 0 Å². The molecule has 1 fully saturated rings. The van der Waals surface area contributed by atoms with Crippen LogP contribution in [-0.4, -0.2) is 47.7 Å². The third-order valence-corrected chi connectivity index (χ3v) is 5.59. The summed E-state index contributed by atoms with van der Waals surface area (Å²) in [7, 11) is 0. The molecule has 1 aliphatic rings. The molecule has 4 rings (SSSR count).